The van der Waals surface area contributed by atoms with Gasteiger partial charge in [0.15, 0.2) is 0 Å². The molecule has 20 heavy (non-hydrogen) atoms. The van der Waals surface area contributed by atoms with Crippen LogP contribution in [0, 0.1) is 11.6 Å². The number of carboxylic acids is 1. The highest BCUT2D eigenvalue weighted by molar-refractivity contribution is 7.89. The quantitative estimate of drug-likeness (QED) is 0.718. The van der Waals surface area contributed by atoms with Gasteiger partial charge in [-0.3, -0.25) is 4.79 Å². The van der Waals surface area contributed by atoms with Gasteiger partial charge in [0.1, 0.15) is 16.5 Å². The molecule has 1 aromatic rings. The second-order valence-corrected chi connectivity index (χ2v) is 5.91. The lowest BCUT2D eigenvalue weighted by molar-refractivity contribution is -0.137. The number of nitrogens with one attached hydrogen (secondary N) is 1. The zero-order chi connectivity index (χ0) is 15.2. The Kier molecular flexibility index (Phi) is 6.03. The van der Waals surface area contributed by atoms with Crippen LogP contribution in [0.2, 0.25) is 0 Å². The molecule has 1 aromatic carbocycles. The summed E-state index contributed by atoms with van der Waals surface area (Å²) in [6.45, 7) is 0.0682. The fourth-order valence-electron chi connectivity index (χ4n) is 1.56. The van der Waals surface area contributed by atoms with Crippen LogP contribution in [0.5, 0.6) is 0 Å². The number of halogens is 2. The minimum atomic E-state index is -4.02. The highest BCUT2D eigenvalue weighted by atomic mass is 32.2. The molecule has 8 heteroatoms. The molecule has 0 aromatic heterocycles. The van der Waals surface area contributed by atoms with Crippen molar-refractivity contribution in [3.63, 3.8) is 0 Å². The minimum Gasteiger partial charge on any atom is -0.481 e. The van der Waals surface area contributed by atoms with E-state index >= 15 is 0 Å². The Labute approximate surface area is 115 Å². The summed E-state index contributed by atoms with van der Waals surface area (Å²) in [5.41, 5.74) is 0. The molecule has 0 saturated carbocycles. The van der Waals surface area contributed by atoms with Gasteiger partial charge in [0.25, 0.3) is 0 Å². The molecule has 0 heterocycles. The summed E-state index contributed by atoms with van der Waals surface area (Å²) in [4.78, 5) is 9.65. The maximum absolute atomic E-state index is 13.3. The molecule has 0 amide bonds. The largest absolute Gasteiger partial charge is 0.481 e. The molecule has 0 saturated heterocycles. The lowest BCUT2D eigenvalue weighted by Gasteiger charge is -2.07. The van der Waals surface area contributed by atoms with E-state index in [2.05, 4.69) is 4.72 Å². The fourth-order valence-corrected chi connectivity index (χ4v) is 2.69. The first-order valence-corrected chi connectivity index (χ1v) is 7.48. The van der Waals surface area contributed by atoms with Gasteiger partial charge >= 0.3 is 5.97 Å². The predicted molar refractivity (Wildman–Crippen MR) is 67.7 cm³/mol. The Morgan fingerprint density at radius 3 is 2.50 bits per heavy atom. The Morgan fingerprint density at radius 2 is 1.90 bits per heavy atom. The number of carbonyl (C=O) groups is 1. The summed E-state index contributed by atoms with van der Waals surface area (Å²) < 4.78 is 51.7. The average Bonchev–Trinajstić information content (AvgIpc) is 2.32. The van der Waals surface area contributed by atoms with Crippen molar-refractivity contribution >= 4 is 16.0 Å². The Hall–Kier alpha value is -1.54. The molecular formula is C12H15F2NO4S. The van der Waals surface area contributed by atoms with Crippen molar-refractivity contribution in [1.82, 2.24) is 4.72 Å². The van der Waals surface area contributed by atoms with Crippen LogP contribution >= 0.6 is 0 Å². The molecule has 112 valence electrons. The number of hydrogen-bond donors (Lipinski definition) is 2. The van der Waals surface area contributed by atoms with Crippen LogP contribution in [0.15, 0.2) is 23.1 Å². The van der Waals surface area contributed by atoms with Gasteiger partial charge in [0.2, 0.25) is 10.0 Å². The standard InChI is InChI=1S/C12H15F2NO4S/c13-9-5-6-11(10(14)8-9)20(18,19)15-7-3-1-2-4-12(16)17/h5-6,8,15H,1-4,7H2,(H,16,17). The minimum absolute atomic E-state index is 0.0271. The van der Waals surface area contributed by atoms with Crippen LogP contribution in [0.1, 0.15) is 25.7 Å². The third kappa shape index (κ3) is 5.22. The van der Waals surface area contributed by atoms with Crippen LogP contribution < -0.4 is 4.72 Å². The molecule has 0 aliphatic carbocycles. The molecule has 1 rings (SSSR count). The van der Waals surface area contributed by atoms with Crippen molar-refractivity contribution in [2.24, 2.45) is 0 Å². The average molecular weight is 307 g/mol. The molecule has 0 spiro atoms. The number of carboxylic acid groups (broad SMARTS) is 1. The summed E-state index contributed by atoms with van der Waals surface area (Å²) in [7, 11) is -4.02. The monoisotopic (exact) mass is 307 g/mol. The topological polar surface area (TPSA) is 83.5 Å². The lowest BCUT2D eigenvalue weighted by Crippen LogP contribution is -2.25. The number of hydrogen-bond acceptors (Lipinski definition) is 3. The maximum atomic E-state index is 13.3. The van der Waals surface area contributed by atoms with E-state index in [-0.39, 0.29) is 13.0 Å². The predicted octanol–water partition coefficient (Wildman–Crippen LogP) is 1.89. The summed E-state index contributed by atoms with van der Waals surface area (Å²) in [6, 6.07) is 2.23. The van der Waals surface area contributed by atoms with Crippen LogP contribution in [-0.4, -0.2) is 26.0 Å². The first kappa shape index (κ1) is 16.5. The molecule has 0 aliphatic rings. The lowest BCUT2D eigenvalue weighted by atomic mass is 10.2. The fraction of sp³-hybridized carbons (Fsp3) is 0.417. The van der Waals surface area contributed by atoms with Crippen molar-refractivity contribution in [2.75, 3.05) is 6.54 Å². The van der Waals surface area contributed by atoms with Gasteiger partial charge in [-0.2, -0.15) is 0 Å². The van der Waals surface area contributed by atoms with E-state index in [1.54, 1.807) is 0 Å². The molecule has 0 radical (unpaired) electrons. The van der Waals surface area contributed by atoms with E-state index < -0.39 is 32.5 Å². The van der Waals surface area contributed by atoms with Crippen molar-refractivity contribution in [3.8, 4) is 0 Å². The third-order valence-corrected chi connectivity index (χ3v) is 4.04. The van der Waals surface area contributed by atoms with Gasteiger partial charge in [-0.15, -0.1) is 0 Å². The van der Waals surface area contributed by atoms with Gasteiger partial charge in [-0.05, 0) is 25.0 Å². The van der Waals surface area contributed by atoms with E-state index in [0.717, 1.165) is 12.1 Å². The van der Waals surface area contributed by atoms with Crippen molar-refractivity contribution in [1.29, 1.82) is 0 Å². The smallest absolute Gasteiger partial charge is 0.303 e. The molecule has 0 fully saturated rings. The molecule has 2 N–H and O–H groups in total. The highest BCUT2D eigenvalue weighted by Gasteiger charge is 2.18. The van der Waals surface area contributed by atoms with Gasteiger partial charge in [0.05, 0.1) is 0 Å². The summed E-state index contributed by atoms with van der Waals surface area (Å²) in [5.74, 6) is -2.91. The van der Waals surface area contributed by atoms with Crippen molar-refractivity contribution < 1.29 is 27.1 Å². The second-order valence-electron chi connectivity index (χ2n) is 4.18. The molecule has 0 atom stereocenters. The Bertz CT molecular complexity index is 575. The van der Waals surface area contributed by atoms with Crippen molar-refractivity contribution in [3.05, 3.63) is 29.8 Å². The first-order chi connectivity index (χ1) is 9.33. The van der Waals surface area contributed by atoms with Gasteiger partial charge in [0, 0.05) is 19.0 Å². The Balaban J connectivity index is 2.48. The summed E-state index contributed by atoms with van der Waals surface area (Å²) in [5, 5.41) is 8.42. The third-order valence-electron chi connectivity index (χ3n) is 2.54. The van der Waals surface area contributed by atoms with Crippen LogP contribution in [-0.2, 0) is 14.8 Å². The second kappa shape index (κ2) is 7.30. The summed E-state index contributed by atoms with van der Waals surface area (Å²) in [6.07, 6.45) is 1.46. The summed E-state index contributed by atoms with van der Waals surface area (Å²) >= 11 is 0. The van der Waals surface area contributed by atoms with E-state index in [1.807, 2.05) is 0 Å². The number of unbranched alkanes of at least 4 members (excludes halogenated alkanes) is 2. The van der Waals surface area contributed by atoms with E-state index in [9.17, 15) is 22.0 Å². The van der Waals surface area contributed by atoms with Gasteiger partial charge < -0.3 is 5.11 Å². The highest BCUT2D eigenvalue weighted by Crippen LogP contribution is 2.15. The number of benzene rings is 1. The van der Waals surface area contributed by atoms with E-state index in [1.165, 1.54) is 0 Å². The number of rotatable bonds is 8. The number of sulfonamides is 1. The van der Waals surface area contributed by atoms with E-state index in [4.69, 9.17) is 5.11 Å². The van der Waals surface area contributed by atoms with E-state index in [0.29, 0.717) is 25.3 Å². The van der Waals surface area contributed by atoms with Crippen molar-refractivity contribution in [2.45, 2.75) is 30.6 Å². The molecule has 0 bridgehead atoms. The SMILES string of the molecule is O=C(O)CCCCCNS(=O)(=O)c1ccc(F)cc1F. The first-order valence-electron chi connectivity index (χ1n) is 5.99. The molecule has 0 unspecified atom stereocenters. The normalized spacial score (nSPS) is 11.5. The van der Waals surface area contributed by atoms with Crippen LogP contribution in [0.3, 0.4) is 0 Å². The zero-order valence-electron chi connectivity index (χ0n) is 10.6. The molecular weight excluding hydrogens is 292 g/mol. The molecule has 0 aliphatic heterocycles. The maximum Gasteiger partial charge on any atom is 0.303 e. The molecule has 5 nitrogen and oxygen atoms in total. The van der Waals surface area contributed by atoms with Crippen LogP contribution in [0.4, 0.5) is 8.78 Å². The number of aliphatic carboxylic acids is 1. The van der Waals surface area contributed by atoms with Gasteiger partial charge in [-0.25, -0.2) is 21.9 Å². The van der Waals surface area contributed by atoms with Crippen LogP contribution in [0.25, 0.3) is 0 Å². The van der Waals surface area contributed by atoms with Gasteiger partial charge in [-0.1, -0.05) is 6.42 Å². The zero-order valence-corrected chi connectivity index (χ0v) is 11.4. The Morgan fingerprint density at radius 1 is 1.20 bits per heavy atom.